The quantitative estimate of drug-likeness (QED) is 0.493. The summed E-state index contributed by atoms with van der Waals surface area (Å²) in [5, 5.41) is 0.871. The standard InChI is InChI=1S/C27H27FN2O3/c1-17(26(31)30-25(16-33-27(30)32)20-5-3-2-4-6-20)18-7-9-19(10-8-18)22-13-14-29-24-12-11-21(28)15-23(22)24/h2-6,11-15,17-19,25H,7-10,16H2,1H3/t17-,18?,19?,25-/m0/s1. The van der Waals surface area contributed by atoms with Crippen molar-refractivity contribution in [1.82, 2.24) is 9.88 Å². The molecule has 33 heavy (non-hydrogen) atoms. The average molecular weight is 447 g/mol. The average Bonchev–Trinajstić information content (AvgIpc) is 3.24. The number of cyclic esters (lactones) is 1. The zero-order valence-corrected chi connectivity index (χ0v) is 18.6. The van der Waals surface area contributed by atoms with Gasteiger partial charge in [-0.1, -0.05) is 37.3 Å². The van der Waals surface area contributed by atoms with Crippen molar-refractivity contribution < 1.29 is 18.7 Å². The molecule has 0 unspecified atom stereocenters. The molecule has 2 heterocycles. The van der Waals surface area contributed by atoms with Gasteiger partial charge in [-0.2, -0.15) is 0 Å². The maximum Gasteiger partial charge on any atom is 0.417 e. The van der Waals surface area contributed by atoms with Crippen molar-refractivity contribution in [2.24, 2.45) is 11.8 Å². The van der Waals surface area contributed by atoms with Gasteiger partial charge in [0, 0.05) is 17.5 Å². The number of pyridine rings is 1. The molecule has 0 spiro atoms. The lowest BCUT2D eigenvalue weighted by Crippen LogP contribution is -2.40. The molecule has 2 atom stereocenters. The van der Waals surface area contributed by atoms with Gasteiger partial charge >= 0.3 is 6.09 Å². The number of rotatable bonds is 4. The fourth-order valence-corrected chi connectivity index (χ4v) is 5.43. The first kappa shape index (κ1) is 21.6. The first-order valence-electron chi connectivity index (χ1n) is 11.6. The van der Waals surface area contributed by atoms with Gasteiger partial charge in [-0.05, 0) is 72.9 Å². The molecular formula is C27H27FN2O3. The summed E-state index contributed by atoms with van der Waals surface area (Å²) >= 11 is 0. The number of carbonyl (C=O) groups is 2. The number of halogens is 1. The highest BCUT2D eigenvalue weighted by molar-refractivity contribution is 5.95. The molecule has 170 valence electrons. The molecule has 2 fully saturated rings. The number of aromatic nitrogens is 1. The Kier molecular flexibility index (Phi) is 5.83. The second-order valence-corrected chi connectivity index (χ2v) is 9.17. The molecule has 1 aliphatic carbocycles. The minimum atomic E-state index is -0.556. The van der Waals surface area contributed by atoms with E-state index in [2.05, 4.69) is 4.98 Å². The monoisotopic (exact) mass is 446 g/mol. The van der Waals surface area contributed by atoms with Crippen molar-refractivity contribution in [3.63, 3.8) is 0 Å². The third kappa shape index (κ3) is 4.10. The Hall–Kier alpha value is -3.28. The van der Waals surface area contributed by atoms with E-state index in [1.807, 2.05) is 43.3 Å². The topological polar surface area (TPSA) is 59.5 Å². The zero-order chi connectivity index (χ0) is 22.9. The fraction of sp³-hybridized carbons (Fsp3) is 0.370. The number of amides is 2. The second-order valence-electron chi connectivity index (χ2n) is 9.17. The van der Waals surface area contributed by atoms with Gasteiger partial charge in [-0.15, -0.1) is 0 Å². The highest BCUT2D eigenvalue weighted by Crippen LogP contribution is 2.42. The van der Waals surface area contributed by atoms with E-state index < -0.39 is 6.09 Å². The van der Waals surface area contributed by atoms with Crippen molar-refractivity contribution in [3.8, 4) is 0 Å². The Morgan fingerprint density at radius 1 is 1.09 bits per heavy atom. The van der Waals surface area contributed by atoms with Crippen LogP contribution in [0.1, 0.15) is 55.7 Å². The maximum absolute atomic E-state index is 13.9. The van der Waals surface area contributed by atoms with Crippen LogP contribution in [0.25, 0.3) is 10.9 Å². The van der Waals surface area contributed by atoms with Crippen molar-refractivity contribution in [2.45, 2.75) is 44.6 Å². The van der Waals surface area contributed by atoms with Crippen LogP contribution in [0.15, 0.2) is 60.8 Å². The lowest BCUT2D eigenvalue weighted by molar-refractivity contribution is -0.135. The van der Waals surface area contributed by atoms with Crippen LogP contribution in [0, 0.1) is 17.7 Å². The molecule has 1 aromatic heterocycles. The summed E-state index contributed by atoms with van der Waals surface area (Å²) in [4.78, 5) is 31.5. The van der Waals surface area contributed by atoms with E-state index in [1.54, 1.807) is 18.3 Å². The van der Waals surface area contributed by atoms with Crippen molar-refractivity contribution in [2.75, 3.05) is 6.61 Å². The van der Waals surface area contributed by atoms with E-state index in [0.717, 1.165) is 47.7 Å². The van der Waals surface area contributed by atoms with E-state index in [-0.39, 0.29) is 36.2 Å². The largest absolute Gasteiger partial charge is 0.446 e. The van der Waals surface area contributed by atoms with Crippen LogP contribution in [0.2, 0.25) is 0 Å². The van der Waals surface area contributed by atoms with E-state index >= 15 is 0 Å². The van der Waals surface area contributed by atoms with Gasteiger partial charge in [0.2, 0.25) is 5.91 Å². The Morgan fingerprint density at radius 2 is 1.85 bits per heavy atom. The highest BCUT2D eigenvalue weighted by atomic mass is 19.1. The summed E-state index contributed by atoms with van der Waals surface area (Å²) in [7, 11) is 0. The zero-order valence-electron chi connectivity index (χ0n) is 18.6. The molecule has 2 amide bonds. The molecule has 2 aliphatic rings. The van der Waals surface area contributed by atoms with Crippen molar-refractivity contribution >= 4 is 22.9 Å². The lowest BCUT2D eigenvalue weighted by Gasteiger charge is -2.34. The number of hydrogen-bond acceptors (Lipinski definition) is 4. The smallest absolute Gasteiger partial charge is 0.417 e. The van der Waals surface area contributed by atoms with Crippen LogP contribution >= 0.6 is 0 Å². The van der Waals surface area contributed by atoms with Crippen LogP contribution in [0.4, 0.5) is 9.18 Å². The minimum Gasteiger partial charge on any atom is -0.446 e. The van der Waals surface area contributed by atoms with Gasteiger partial charge in [-0.25, -0.2) is 14.1 Å². The van der Waals surface area contributed by atoms with Crippen LogP contribution in [-0.2, 0) is 9.53 Å². The van der Waals surface area contributed by atoms with E-state index in [1.165, 1.54) is 11.0 Å². The maximum atomic E-state index is 13.9. The molecule has 1 saturated carbocycles. The van der Waals surface area contributed by atoms with Gasteiger partial charge in [0.1, 0.15) is 18.5 Å². The Labute approximate surface area is 192 Å². The summed E-state index contributed by atoms with van der Waals surface area (Å²) in [5.41, 5.74) is 2.84. The van der Waals surface area contributed by atoms with Crippen LogP contribution in [0.3, 0.4) is 0 Å². The number of benzene rings is 2. The predicted octanol–water partition coefficient (Wildman–Crippen LogP) is 6.00. The lowest BCUT2D eigenvalue weighted by atomic mass is 9.73. The SMILES string of the molecule is C[C@H](C(=O)N1C(=O)OC[C@H]1c1ccccc1)C1CCC(c2ccnc3ccc(F)cc23)CC1. The molecule has 3 aromatic rings. The number of hydrogen-bond donors (Lipinski definition) is 0. The number of imide groups is 1. The number of fused-ring (bicyclic) bond motifs is 1. The molecule has 5 rings (SSSR count). The summed E-state index contributed by atoms with van der Waals surface area (Å²) < 4.78 is 19.1. The van der Waals surface area contributed by atoms with Gasteiger partial charge in [-0.3, -0.25) is 9.78 Å². The molecule has 5 nitrogen and oxygen atoms in total. The molecule has 0 bridgehead atoms. The molecule has 0 N–H and O–H groups in total. The number of carbonyl (C=O) groups excluding carboxylic acids is 2. The molecule has 1 saturated heterocycles. The number of nitrogens with zero attached hydrogens (tertiary/aromatic N) is 2. The second kappa shape index (κ2) is 8.93. The van der Waals surface area contributed by atoms with Gasteiger partial charge in [0.05, 0.1) is 5.52 Å². The molecule has 1 aliphatic heterocycles. The third-order valence-electron chi connectivity index (χ3n) is 7.34. The minimum absolute atomic E-state index is 0.161. The van der Waals surface area contributed by atoms with Crippen LogP contribution in [0.5, 0.6) is 0 Å². The van der Waals surface area contributed by atoms with Crippen molar-refractivity contribution in [1.29, 1.82) is 0 Å². The molecule has 2 aromatic carbocycles. The van der Waals surface area contributed by atoms with Crippen molar-refractivity contribution in [3.05, 3.63) is 77.7 Å². The van der Waals surface area contributed by atoms with E-state index in [0.29, 0.717) is 5.92 Å². The highest BCUT2D eigenvalue weighted by Gasteiger charge is 2.42. The normalized spacial score (nSPS) is 24.0. The number of ether oxygens (including phenoxy) is 1. The van der Waals surface area contributed by atoms with Crippen LogP contribution in [-0.4, -0.2) is 28.5 Å². The first-order valence-corrected chi connectivity index (χ1v) is 11.6. The Balaban J connectivity index is 1.29. The predicted molar refractivity (Wildman–Crippen MR) is 123 cm³/mol. The van der Waals surface area contributed by atoms with Gasteiger partial charge in [0.25, 0.3) is 0 Å². The molecule has 6 heteroatoms. The summed E-state index contributed by atoms with van der Waals surface area (Å²) in [6.07, 6.45) is 4.84. The summed E-state index contributed by atoms with van der Waals surface area (Å²) in [5.74, 6) is -0.177. The molecule has 0 radical (unpaired) electrons. The van der Waals surface area contributed by atoms with E-state index in [9.17, 15) is 14.0 Å². The van der Waals surface area contributed by atoms with E-state index in [4.69, 9.17) is 4.74 Å². The third-order valence-corrected chi connectivity index (χ3v) is 7.34. The van der Waals surface area contributed by atoms with Gasteiger partial charge in [0.15, 0.2) is 0 Å². The first-order chi connectivity index (χ1) is 16.0. The molecular weight excluding hydrogens is 419 g/mol. The Morgan fingerprint density at radius 3 is 2.61 bits per heavy atom. The van der Waals surface area contributed by atoms with Gasteiger partial charge < -0.3 is 4.74 Å². The summed E-state index contributed by atoms with van der Waals surface area (Å²) in [6.45, 7) is 2.12. The summed E-state index contributed by atoms with van der Waals surface area (Å²) in [6, 6.07) is 15.9. The van der Waals surface area contributed by atoms with Crippen LogP contribution < -0.4 is 0 Å². The fourth-order valence-electron chi connectivity index (χ4n) is 5.43. The Bertz CT molecular complexity index is 1170.